The lowest BCUT2D eigenvalue weighted by Gasteiger charge is -2.27. The Bertz CT molecular complexity index is 1390. The van der Waals surface area contributed by atoms with Crippen molar-refractivity contribution in [3.8, 4) is 6.07 Å². The van der Waals surface area contributed by atoms with Gasteiger partial charge in [0.05, 0.1) is 7.05 Å². The highest BCUT2D eigenvalue weighted by molar-refractivity contribution is 7.87. The van der Waals surface area contributed by atoms with Crippen molar-refractivity contribution < 1.29 is 13.2 Å². The number of halogens is 3. The first-order valence-electron chi connectivity index (χ1n) is 9.99. The summed E-state index contributed by atoms with van der Waals surface area (Å²) in [5, 5.41) is 14.7. The van der Waals surface area contributed by atoms with Crippen molar-refractivity contribution in [2.24, 2.45) is 9.86 Å². The second kappa shape index (κ2) is 9.68. The van der Waals surface area contributed by atoms with Gasteiger partial charge in [0, 0.05) is 20.8 Å². The Kier molecular flexibility index (Phi) is 6.51. The van der Waals surface area contributed by atoms with Crippen LogP contribution in [0.15, 0.2) is 101 Å². The molecule has 0 amide bonds. The molecule has 0 N–H and O–H groups in total. The van der Waals surface area contributed by atoms with Gasteiger partial charge in [0.2, 0.25) is 0 Å². The molecule has 4 rings (SSSR count). The van der Waals surface area contributed by atoms with Crippen LogP contribution in [-0.4, -0.2) is 0 Å². The zero-order chi connectivity index (χ0) is 24.1. The Balaban J connectivity index is 2.28. The molecule has 0 bridgehead atoms. The summed E-state index contributed by atoms with van der Waals surface area (Å²) >= 11 is 0. The largest absolute Gasteiger partial charge is 0.249 e. The second-order valence-corrected chi connectivity index (χ2v) is 10.1. The first-order chi connectivity index (χ1) is 16.5. The van der Waals surface area contributed by atoms with Crippen LogP contribution in [-0.2, 0) is 0 Å². The van der Waals surface area contributed by atoms with E-state index in [2.05, 4.69) is 10.0 Å². The number of hydrogen-bond donors (Lipinski definition) is 0. The van der Waals surface area contributed by atoms with Crippen molar-refractivity contribution in [2.75, 3.05) is 0 Å². The van der Waals surface area contributed by atoms with Gasteiger partial charge in [-0.05, 0) is 5.53 Å². The molecule has 0 aliphatic carbocycles. The minimum Gasteiger partial charge on any atom is -0.249 e. The third kappa shape index (κ3) is 3.84. The van der Waals surface area contributed by atoms with Crippen LogP contribution in [0.4, 0.5) is 24.5 Å². The topological polar surface area (TPSA) is 84.9 Å². The summed E-state index contributed by atoms with van der Waals surface area (Å²) in [6.07, 6.45) is 0. The van der Waals surface area contributed by atoms with E-state index in [-0.39, 0.29) is 0 Å². The fraction of sp³-hybridized carbons (Fsp3) is 0. The van der Waals surface area contributed by atoms with E-state index in [4.69, 9.17) is 10.3 Å². The molecule has 4 aromatic carbocycles. The molecule has 166 valence electrons. The van der Waals surface area contributed by atoms with Gasteiger partial charge in [-0.25, -0.2) is 17.9 Å². The third-order valence-electron chi connectivity index (χ3n) is 5.17. The van der Waals surface area contributed by atoms with Crippen molar-refractivity contribution in [1.82, 2.24) is 0 Å². The summed E-state index contributed by atoms with van der Waals surface area (Å²) in [5.41, 5.74) is 5.98. The van der Waals surface area contributed by atoms with Gasteiger partial charge in [-0.2, -0.15) is 5.26 Å². The molecule has 9 heteroatoms. The first kappa shape index (κ1) is 22.9. The summed E-state index contributed by atoms with van der Waals surface area (Å²) in [6, 6.07) is 28.6. The van der Waals surface area contributed by atoms with Crippen LogP contribution < -0.4 is 15.9 Å². The van der Waals surface area contributed by atoms with Crippen LogP contribution in [0.5, 0.6) is 0 Å². The Hall–Kier alpha value is -4.30. The zero-order valence-electron chi connectivity index (χ0n) is 17.5. The smallest absolute Gasteiger partial charge is 0.179 e. The fourth-order valence-electron chi connectivity index (χ4n) is 3.67. The van der Waals surface area contributed by atoms with Gasteiger partial charge in [-0.15, -0.1) is 0 Å². The SMILES string of the molecule is N#Cc1c(F)c(F)c(N=[N+]=[N-])c(F)c1N=P(c1ccccc1)(c1ccccc1)c1ccccc1. The predicted octanol–water partition coefficient (Wildman–Crippen LogP) is 6.73. The van der Waals surface area contributed by atoms with Crippen LogP contribution in [0.3, 0.4) is 0 Å². The predicted molar refractivity (Wildman–Crippen MR) is 127 cm³/mol. The van der Waals surface area contributed by atoms with Crippen LogP contribution in [0.25, 0.3) is 10.4 Å². The van der Waals surface area contributed by atoms with Crippen LogP contribution in [0.1, 0.15) is 5.56 Å². The third-order valence-corrected chi connectivity index (χ3v) is 8.81. The van der Waals surface area contributed by atoms with Crippen molar-refractivity contribution >= 4 is 34.3 Å². The lowest BCUT2D eigenvalue weighted by atomic mass is 10.1. The maximum atomic E-state index is 15.5. The van der Waals surface area contributed by atoms with Gasteiger partial charge in [-0.3, -0.25) is 0 Å². The highest BCUT2D eigenvalue weighted by Gasteiger charge is 2.31. The summed E-state index contributed by atoms with van der Waals surface area (Å²) in [7, 11) is -3.11. The Morgan fingerprint density at radius 3 is 1.50 bits per heavy atom. The molecule has 0 radical (unpaired) electrons. The molecule has 0 heterocycles. The van der Waals surface area contributed by atoms with Crippen molar-refractivity contribution in [1.29, 1.82) is 5.26 Å². The molecule has 4 aromatic rings. The standard InChI is InChI=1S/C25H15F3N5P/c26-21-20(16-29)24(23(28)25(22(21)27)31-33-30)32-34(17-10-4-1-5-11-17,18-12-6-2-7-13-18)19-14-8-3-9-15-19/h1-15H. The molecule has 0 spiro atoms. The second-order valence-electron chi connectivity index (χ2n) is 7.06. The quantitative estimate of drug-likeness (QED) is 0.104. The van der Waals surface area contributed by atoms with E-state index in [9.17, 15) is 14.0 Å². The Labute approximate surface area is 193 Å². The number of azide groups is 1. The molecule has 0 unspecified atom stereocenters. The van der Waals surface area contributed by atoms with Crippen LogP contribution in [0, 0.1) is 28.8 Å². The molecule has 0 atom stereocenters. The number of rotatable bonds is 5. The van der Waals surface area contributed by atoms with Gasteiger partial charge in [0.15, 0.2) is 17.5 Å². The Morgan fingerprint density at radius 1 is 0.676 bits per heavy atom. The van der Waals surface area contributed by atoms with Gasteiger partial charge < -0.3 is 0 Å². The average Bonchev–Trinajstić information content (AvgIpc) is 2.89. The fourth-order valence-corrected chi connectivity index (χ4v) is 7.21. The molecular formula is C25H15F3N5P. The summed E-state index contributed by atoms with van der Waals surface area (Å²) in [4.78, 5) is 2.40. The molecule has 0 saturated heterocycles. The van der Waals surface area contributed by atoms with Crippen LogP contribution >= 0.6 is 7.05 Å². The maximum Gasteiger partial charge on any atom is 0.179 e. The molecule has 0 saturated carbocycles. The minimum absolute atomic E-state index is 0.700. The molecule has 5 nitrogen and oxygen atoms in total. The van der Waals surface area contributed by atoms with E-state index < -0.39 is 41.4 Å². The Morgan fingerprint density at radius 2 is 1.12 bits per heavy atom. The number of nitrogens with zero attached hydrogens (tertiary/aromatic N) is 5. The normalized spacial score (nSPS) is 10.8. The highest BCUT2D eigenvalue weighted by atomic mass is 31.2. The van der Waals surface area contributed by atoms with Gasteiger partial charge in [0.1, 0.15) is 23.0 Å². The maximum absolute atomic E-state index is 15.5. The first-order valence-corrected chi connectivity index (χ1v) is 11.7. The molecule has 0 aromatic heterocycles. The molecule has 34 heavy (non-hydrogen) atoms. The van der Waals surface area contributed by atoms with E-state index in [0.717, 1.165) is 0 Å². The van der Waals surface area contributed by atoms with E-state index in [1.165, 1.54) is 6.07 Å². The molecular weight excluding hydrogens is 458 g/mol. The van der Waals surface area contributed by atoms with E-state index in [1.54, 1.807) is 36.4 Å². The lowest BCUT2D eigenvalue weighted by Crippen LogP contribution is -2.25. The van der Waals surface area contributed by atoms with Gasteiger partial charge in [0.25, 0.3) is 0 Å². The van der Waals surface area contributed by atoms with Crippen LogP contribution in [0.2, 0.25) is 0 Å². The van der Waals surface area contributed by atoms with E-state index in [1.807, 2.05) is 54.6 Å². The van der Waals surface area contributed by atoms with E-state index >= 15 is 4.39 Å². The molecule has 0 aliphatic rings. The van der Waals surface area contributed by atoms with Crippen molar-refractivity contribution in [3.05, 3.63) is 124 Å². The monoisotopic (exact) mass is 473 g/mol. The summed E-state index contributed by atoms with van der Waals surface area (Å²) in [5.74, 6) is -4.77. The highest BCUT2D eigenvalue weighted by Crippen LogP contribution is 2.51. The summed E-state index contributed by atoms with van der Waals surface area (Å²) < 4.78 is 49.5. The zero-order valence-corrected chi connectivity index (χ0v) is 18.4. The van der Waals surface area contributed by atoms with E-state index in [0.29, 0.717) is 15.9 Å². The molecule has 0 aliphatic heterocycles. The minimum atomic E-state index is -3.11. The van der Waals surface area contributed by atoms with Gasteiger partial charge >= 0.3 is 0 Å². The summed E-state index contributed by atoms with van der Waals surface area (Å²) in [6.45, 7) is 0. The molecule has 0 fully saturated rings. The number of hydrogen-bond acceptors (Lipinski definition) is 3. The van der Waals surface area contributed by atoms with Gasteiger partial charge in [-0.1, -0.05) is 96.1 Å². The number of benzene rings is 4. The van der Waals surface area contributed by atoms with Crippen molar-refractivity contribution in [2.45, 2.75) is 0 Å². The van der Waals surface area contributed by atoms with Crippen molar-refractivity contribution in [3.63, 3.8) is 0 Å². The number of nitriles is 1. The average molecular weight is 473 g/mol. The lowest BCUT2D eigenvalue weighted by molar-refractivity contribution is 0.496.